The van der Waals surface area contributed by atoms with Gasteiger partial charge in [-0.1, -0.05) is 0 Å². The van der Waals surface area contributed by atoms with E-state index in [1.165, 1.54) is 20.3 Å². The van der Waals surface area contributed by atoms with E-state index in [0.29, 0.717) is 29.9 Å². The second-order valence-electron chi connectivity index (χ2n) is 6.20. The summed E-state index contributed by atoms with van der Waals surface area (Å²) in [6.45, 7) is 3.84. The first-order valence-corrected chi connectivity index (χ1v) is 8.82. The lowest BCUT2D eigenvalue weighted by atomic mass is 10.0. The van der Waals surface area contributed by atoms with Gasteiger partial charge >= 0.3 is 17.6 Å². The quantitative estimate of drug-likeness (QED) is 0.363. The van der Waals surface area contributed by atoms with Crippen molar-refractivity contribution >= 4 is 22.9 Å². The molecule has 0 N–H and O–H groups in total. The van der Waals surface area contributed by atoms with Crippen LogP contribution in [-0.2, 0) is 30.2 Å². The number of esters is 2. The molecule has 8 nitrogen and oxygen atoms in total. The van der Waals surface area contributed by atoms with Crippen molar-refractivity contribution in [1.82, 2.24) is 0 Å². The molecule has 1 aromatic carbocycles. The first kappa shape index (κ1) is 21.4. The van der Waals surface area contributed by atoms with Crippen molar-refractivity contribution in [3.8, 4) is 5.75 Å². The van der Waals surface area contributed by atoms with Crippen LogP contribution in [0.5, 0.6) is 5.75 Å². The van der Waals surface area contributed by atoms with Crippen molar-refractivity contribution in [2.45, 2.75) is 32.8 Å². The average Bonchev–Trinajstić information content (AvgIpc) is 2.65. The highest BCUT2D eigenvalue weighted by atomic mass is 16.6. The summed E-state index contributed by atoms with van der Waals surface area (Å²) in [5.41, 5.74) is 1.28. The summed E-state index contributed by atoms with van der Waals surface area (Å²) >= 11 is 0. The third-order valence-electron chi connectivity index (χ3n) is 4.12. The maximum absolute atomic E-state index is 11.9. The number of methoxy groups -OCH3 is 2. The normalized spacial score (nSPS) is 11.9. The zero-order valence-corrected chi connectivity index (χ0v) is 16.4. The number of hydrogen-bond donors (Lipinski definition) is 0. The topological polar surface area (TPSA) is 101 Å². The van der Waals surface area contributed by atoms with Crippen molar-refractivity contribution in [3.63, 3.8) is 0 Å². The fourth-order valence-electron chi connectivity index (χ4n) is 2.65. The van der Waals surface area contributed by atoms with Crippen LogP contribution >= 0.6 is 0 Å². The molecule has 8 heteroatoms. The lowest BCUT2D eigenvalue weighted by Crippen LogP contribution is -2.25. The average molecular weight is 392 g/mol. The molecular formula is C20H24O8. The van der Waals surface area contributed by atoms with Crippen LogP contribution in [0.4, 0.5) is 0 Å². The smallest absolute Gasteiger partial charge is 0.346 e. The Balaban J connectivity index is 2.31. The standard InChI is InChI=1S/C20H24O8/c1-12-9-19(22)28-17-11-16(27-13(2)20(23)25-4)14(10-15(12)17)5-6-18(21)26-8-7-24-3/h9-11,13H,5-8H2,1-4H3. The van der Waals surface area contributed by atoms with E-state index < -0.39 is 17.7 Å². The molecule has 0 saturated heterocycles. The monoisotopic (exact) mass is 392 g/mol. The van der Waals surface area contributed by atoms with Crippen LogP contribution in [0.25, 0.3) is 11.0 Å². The first-order valence-electron chi connectivity index (χ1n) is 8.82. The van der Waals surface area contributed by atoms with Crippen LogP contribution in [-0.4, -0.2) is 45.5 Å². The van der Waals surface area contributed by atoms with Crippen molar-refractivity contribution in [2.24, 2.45) is 0 Å². The number of aryl methyl sites for hydroxylation is 2. The van der Waals surface area contributed by atoms with Gasteiger partial charge in [-0.25, -0.2) is 9.59 Å². The Morgan fingerprint density at radius 1 is 1.14 bits per heavy atom. The van der Waals surface area contributed by atoms with Gasteiger partial charge in [0.15, 0.2) is 6.10 Å². The molecule has 0 bridgehead atoms. The predicted octanol–water partition coefficient (Wildman–Crippen LogP) is 2.16. The zero-order chi connectivity index (χ0) is 20.7. The first-order chi connectivity index (χ1) is 13.3. The minimum atomic E-state index is -0.869. The second kappa shape index (κ2) is 9.89. The number of ether oxygens (including phenoxy) is 4. The molecule has 2 rings (SSSR count). The van der Waals surface area contributed by atoms with Crippen LogP contribution < -0.4 is 10.4 Å². The van der Waals surface area contributed by atoms with Crippen molar-refractivity contribution in [2.75, 3.05) is 27.4 Å². The van der Waals surface area contributed by atoms with Crippen LogP contribution in [0.1, 0.15) is 24.5 Å². The van der Waals surface area contributed by atoms with E-state index in [9.17, 15) is 14.4 Å². The predicted molar refractivity (Wildman–Crippen MR) is 100 cm³/mol. The van der Waals surface area contributed by atoms with Crippen LogP contribution in [0.15, 0.2) is 27.4 Å². The van der Waals surface area contributed by atoms with Crippen LogP contribution in [0.3, 0.4) is 0 Å². The fraction of sp³-hybridized carbons (Fsp3) is 0.450. The Bertz CT molecular complexity index is 899. The summed E-state index contributed by atoms with van der Waals surface area (Å²) < 4.78 is 25.5. The molecule has 1 atom stereocenters. The molecule has 0 aliphatic carbocycles. The summed E-state index contributed by atoms with van der Waals surface area (Å²) in [7, 11) is 2.79. The number of carbonyl (C=O) groups excluding carboxylic acids is 2. The summed E-state index contributed by atoms with van der Waals surface area (Å²) in [6, 6.07) is 4.73. The van der Waals surface area contributed by atoms with Gasteiger partial charge in [0.2, 0.25) is 0 Å². The Hall–Kier alpha value is -2.87. The third kappa shape index (κ3) is 5.56. The van der Waals surface area contributed by atoms with Gasteiger partial charge in [-0.2, -0.15) is 0 Å². The lowest BCUT2D eigenvalue weighted by Gasteiger charge is -2.17. The molecular weight excluding hydrogens is 368 g/mol. The van der Waals surface area contributed by atoms with Gasteiger partial charge in [0.1, 0.15) is 17.9 Å². The molecule has 0 saturated carbocycles. The zero-order valence-electron chi connectivity index (χ0n) is 16.4. The largest absolute Gasteiger partial charge is 0.479 e. The molecule has 1 unspecified atom stereocenters. The number of fused-ring (bicyclic) bond motifs is 1. The minimum absolute atomic E-state index is 0.119. The molecule has 0 radical (unpaired) electrons. The van der Waals surface area contributed by atoms with E-state index in [-0.39, 0.29) is 19.0 Å². The minimum Gasteiger partial charge on any atom is -0.479 e. The van der Waals surface area contributed by atoms with Gasteiger partial charge in [0.25, 0.3) is 0 Å². The van der Waals surface area contributed by atoms with Gasteiger partial charge in [0, 0.05) is 31.0 Å². The van der Waals surface area contributed by atoms with Gasteiger partial charge in [-0.3, -0.25) is 4.79 Å². The maximum atomic E-state index is 11.9. The number of rotatable bonds is 9. The molecule has 0 spiro atoms. The molecule has 152 valence electrons. The summed E-state index contributed by atoms with van der Waals surface area (Å²) in [4.78, 5) is 35.3. The second-order valence-corrected chi connectivity index (χ2v) is 6.20. The molecule has 28 heavy (non-hydrogen) atoms. The van der Waals surface area contributed by atoms with Crippen molar-refractivity contribution in [1.29, 1.82) is 0 Å². The van der Waals surface area contributed by atoms with E-state index in [1.54, 1.807) is 26.0 Å². The SMILES string of the molecule is COCCOC(=O)CCc1cc2c(C)cc(=O)oc2cc1OC(C)C(=O)OC. The Morgan fingerprint density at radius 3 is 2.57 bits per heavy atom. The highest BCUT2D eigenvalue weighted by Gasteiger charge is 2.19. The van der Waals surface area contributed by atoms with Crippen molar-refractivity contribution < 1.29 is 33.0 Å². The number of benzene rings is 1. The Kier molecular flexibility index (Phi) is 7.57. The number of carbonyl (C=O) groups is 2. The molecule has 0 fully saturated rings. The number of hydrogen-bond acceptors (Lipinski definition) is 8. The molecule has 0 aliphatic rings. The van der Waals surface area contributed by atoms with Crippen molar-refractivity contribution in [3.05, 3.63) is 39.7 Å². The highest BCUT2D eigenvalue weighted by Crippen LogP contribution is 2.29. The fourth-order valence-corrected chi connectivity index (χ4v) is 2.65. The maximum Gasteiger partial charge on any atom is 0.346 e. The summed E-state index contributed by atoms with van der Waals surface area (Å²) in [5, 5.41) is 0.723. The molecule has 0 amide bonds. The lowest BCUT2D eigenvalue weighted by molar-refractivity contribution is -0.148. The molecule has 1 heterocycles. The Morgan fingerprint density at radius 2 is 1.89 bits per heavy atom. The van der Waals surface area contributed by atoms with Crippen LogP contribution in [0.2, 0.25) is 0 Å². The van der Waals surface area contributed by atoms with Crippen LogP contribution in [0, 0.1) is 6.92 Å². The van der Waals surface area contributed by atoms with Gasteiger partial charge in [0.05, 0.1) is 13.7 Å². The molecule has 2 aromatic rings. The van der Waals surface area contributed by atoms with E-state index in [2.05, 4.69) is 4.74 Å². The van der Waals surface area contributed by atoms with E-state index in [0.717, 1.165) is 10.9 Å². The van der Waals surface area contributed by atoms with E-state index in [4.69, 9.17) is 18.6 Å². The van der Waals surface area contributed by atoms with E-state index >= 15 is 0 Å². The Labute approximate surface area is 162 Å². The van der Waals surface area contributed by atoms with Gasteiger partial charge in [-0.15, -0.1) is 0 Å². The molecule has 0 aliphatic heterocycles. The van der Waals surface area contributed by atoms with Gasteiger partial charge < -0.3 is 23.4 Å². The third-order valence-corrected chi connectivity index (χ3v) is 4.12. The molecule has 1 aromatic heterocycles. The highest BCUT2D eigenvalue weighted by molar-refractivity contribution is 5.83. The van der Waals surface area contributed by atoms with Gasteiger partial charge in [-0.05, 0) is 37.5 Å². The van der Waals surface area contributed by atoms with E-state index in [1.807, 2.05) is 0 Å². The summed E-state index contributed by atoms with van der Waals surface area (Å²) in [6.07, 6.45) is -0.427. The summed E-state index contributed by atoms with van der Waals surface area (Å²) in [5.74, 6) is -0.583.